The first-order chi connectivity index (χ1) is 9.54. The summed E-state index contributed by atoms with van der Waals surface area (Å²) < 4.78 is 0. The van der Waals surface area contributed by atoms with Crippen LogP contribution in [-0.2, 0) is 4.79 Å². The van der Waals surface area contributed by atoms with Crippen molar-refractivity contribution in [1.82, 2.24) is 10.2 Å². The van der Waals surface area contributed by atoms with E-state index in [9.17, 15) is 4.79 Å². The molecule has 2 N–H and O–H groups in total. The molecule has 1 amide bonds. The van der Waals surface area contributed by atoms with Crippen LogP contribution in [0.15, 0.2) is 18.2 Å². The van der Waals surface area contributed by atoms with Gasteiger partial charge in [0.15, 0.2) is 0 Å². The number of anilines is 1. The first-order valence-corrected chi connectivity index (χ1v) is 7.47. The van der Waals surface area contributed by atoms with Gasteiger partial charge in [0.1, 0.15) is 0 Å². The van der Waals surface area contributed by atoms with E-state index in [2.05, 4.69) is 10.6 Å². The molecule has 1 aliphatic heterocycles. The van der Waals surface area contributed by atoms with Gasteiger partial charge in [0.05, 0.1) is 16.6 Å². The van der Waals surface area contributed by atoms with Crippen molar-refractivity contribution in [1.29, 1.82) is 0 Å². The second-order valence-electron chi connectivity index (χ2n) is 5.17. The average molecular weight is 316 g/mol. The number of hydrogen-bond donors (Lipinski definition) is 2. The minimum atomic E-state index is -0.0520. The molecular formula is C14H19Cl2N3O. The number of benzene rings is 1. The van der Waals surface area contributed by atoms with Crippen LogP contribution in [0, 0.1) is 0 Å². The molecule has 2 rings (SSSR count). The first-order valence-electron chi connectivity index (χ1n) is 6.71. The van der Waals surface area contributed by atoms with Crippen LogP contribution in [-0.4, -0.2) is 43.5 Å². The predicted octanol–water partition coefficient (Wildman–Crippen LogP) is 2.62. The summed E-state index contributed by atoms with van der Waals surface area (Å²) in [7, 11) is 1.95. The second kappa shape index (κ2) is 7.27. The molecule has 20 heavy (non-hydrogen) atoms. The van der Waals surface area contributed by atoms with Crippen molar-refractivity contribution in [2.24, 2.45) is 0 Å². The van der Waals surface area contributed by atoms with Crippen molar-refractivity contribution in [2.75, 3.05) is 32.0 Å². The third kappa shape index (κ3) is 4.63. The highest BCUT2D eigenvalue weighted by Gasteiger charge is 2.17. The molecule has 1 fully saturated rings. The van der Waals surface area contributed by atoms with Crippen LogP contribution in [0.2, 0.25) is 10.0 Å². The molecule has 1 aromatic rings. The summed E-state index contributed by atoms with van der Waals surface area (Å²) in [5, 5.41) is 7.16. The van der Waals surface area contributed by atoms with Crippen molar-refractivity contribution >= 4 is 34.8 Å². The highest BCUT2D eigenvalue weighted by Crippen LogP contribution is 2.24. The van der Waals surface area contributed by atoms with Crippen molar-refractivity contribution in [3.05, 3.63) is 28.2 Å². The minimum Gasteiger partial charge on any atom is -0.325 e. The molecule has 1 atom stereocenters. The summed E-state index contributed by atoms with van der Waals surface area (Å²) in [5.41, 5.74) is 0.664. The maximum atomic E-state index is 11.9. The van der Waals surface area contributed by atoms with E-state index in [1.54, 1.807) is 18.2 Å². The zero-order valence-electron chi connectivity index (χ0n) is 11.5. The number of carbonyl (C=O) groups excluding carboxylic acids is 1. The lowest BCUT2D eigenvalue weighted by molar-refractivity contribution is -0.117. The molecule has 0 bridgehead atoms. The fraction of sp³-hybridized carbons (Fsp3) is 0.500. The van der Waals surface area contributed by atoms with Gasteiger partial charge in [0, 0.05) is 18.3 Å². The first kappa shape index (κ1) is 15.6. The van der Waals surface area contributed by atoms with Crippen LogP contribution >= 0.6 is 23.2 Å². The molecule has 1 unspecified atom stereocenters. The molecule has 0 spiro atoms. The number of nitrogens with one attached hydrogen (secondary N) is 2. The van der Waals surface area contributed by atoms with Gasteiger partial charge in [0.2, 0.25) is 5.91 Å². The lowest BCUT2D eigenvalue weighted by Gasteiger charge is -2.20. The van der Waals surface area contributed by atoms with Crippen molar-refractivity contribution < 1.29 is 4.79 Å². The van der Waals surface area contributed by atoms with E-state index in [4.69, 9.17) is 23.2 Å². The second-order valence-corrected chi connectivity index (χ2v) is 5.98. The SMILES string of the molecule is CN(CC(=O)Nc1ccc(Cl)c(Cl)c1)CC1CCCN1. The van der Waals surface area contributed by atoms with Gasteiger partial charge in [-0.25, -0.2) is 0 Å². The van der Waals surface area contributed by atoms with Crippen LogP contribution in [0.1, 0.15) is 12.8 Å². The number of halogens is 2. The summed E-state index contributed by atoms with van der Waals surface area (Å²) >= 11 is 11.8. The Hall–Kier alpha value is -0.810. The van der Waals surface area contributed by atoms with E-state index in [1.165, 1.54) is 12.8 Å². The normalized spacial score (nSPS) is 18.5. The van der Waals surface area contributed by atoms with E-state index >= 15 is 0 Å². The molecule has 1 heterocycles. The lowest BCUT2D eigenvalue weighted by Crippen LogP contribution is -2.39. The van der Waals surface area contributed by atoms with Gasteiger partial charge < -0.3 is 10.6 Å². The number of amides is 1. The summed E-state index contributed by atoms with van der Waals surface area (Å²) in [4.78, 5) is 14.0. The molecular weight excluding hydrogens is 297 g/mol. The van der Waals surface area contributed by atoms with E-state index in [1.807, 2.05) is 11.9 Å². The Morgan fingerprint density at radius 2 is 2.25 bits per heavy atom. The van der Waals surface area contributed by atoms with Gasteiger partial charge in [-0.3, -0.25) is 9.69 Å². The zero-order valence-corrected chi connectivity index (χ0v) is 13.0. The molecule has 0 radical (unpaired) electrons. The number of carbonyl (C=O) groups is 1. The molecule has 6 heteroatoms. The Kier molecular flexibility index (Phi) is 5.66. The van der Waals surface area contributed by atoms with E-state index in [0.29, 0.717) is 28.3 Å². The summed E-state index contributed by atoms with van der Waals surface area (Å²) in [5.74, 6) is -0.0520. The Morgan fingerprint density at radius 1 is 1.45 bits per heavy atom. The molecule has 110 valence electrons. The predicted molar refractivity (Wildman–Crippen MR) is 83.6 cm³/mol. The topological polar surface area (TPSA) is 44.4 Å². The van der Waals surface area contributed by atoms with Crippen molar-refractivity contribution in [3.8, 4) is 0 Å². The standard InChI is InChI=1S/C14H19Cl2N3O/c1-19(8-11-3-2-6-17-11)9-14(20)18-10-4-5-12(15)13(16)7-10/h4-5,7,11,17H,2-3,6,8-9H2,1H3,(H,18,20). The molecule has 1 aliphatic rings. The van der Waals surface area contributed by atoms with Crippen LogP contribution in [0.4, 0.5) is 5.69 Å². The van der Waals surface area contributed by atoms with Crippen LogP contribution < -0.4 is 10.6 Å². The third-order valence-electron chi connectivity index (χ3n) is 3.31. The van der Waals surface area contributed by atoms with Gasteiger partial charge in [-0.2, -0.15) is 0 Å². The maximum Gasteiger partial charge on any atom is 0.238 e. The minimum absolute atomic E-state index is 0.0520. The molecule has 0 aromatic heterocycles. The Labute approximate surface area is 129 Å². The molecule has 0 saturated carbocycles. The van der Waals surface area contributed by atoms with Crippen LogP contribution in [0.3, 0.4) is 0 Å². The fourth-order valence-electron chi connectivity index (χ4n) is 2.37. The van der Waals surface area contributed by atoms with Crippen LogP contribution in [0.5, 0.6) is 0 Å². The Morgan fingerprint density at radius 3 is 2.90 bits per heavy atom. The summed E-state index contributed by atoms with van der Waals surface area (Å²) in [6.45, 7) is 2.32. The monoisotopic (exact) mass is 315 g/mol. The Bertz CT molecular complexity index is 475. The Balaban J connectivity index is 1.80. The van der Waals surface area contributed by atoms with E-state index < -0.39 is 0 Å². The molecule has 0 aliphatic carbocycles. The van der Waals surface area contributed by atoms with Crippen molar-refractivity contribution in [3.63, 3.8) is 0 Å². The summed E-state index contributed by atoms with van der Waals surface area (Å²) in [6, 6.07) is 5.56. The maximum absolute atomic E-state index is 11.9. The highest BCUT2D eigenvalue weighted by molar-refractivity contribution is 6.42. The van der Waals surface area contributed by atoms with Gasteiger partial charge in [0.25, 0.3) is 0 Å². The average Bonchev–Trinajstić information content (AvgIpc) is 2.86. The van der Waals surface area contributed by atoms with Crippen molar-refractivity contribution in [2.45, 2.75) is 18.9 Å². The molecule has 1 aromatic carbocycles. The number of hydrogen-bond acceptors (Lipinski definition) is 3. The number of rotatable bonds is 5. The van der Waals surface area contributed by atoms with Gasteiger partial charge in [-0.05, 0) is 44.6 Å². The fourth-order valence-corrected chi connectivity index (χ4v) is 2.67. The van der Waals surface area contributed by atoms with Gasteiger partial charge >= 0.3 is 0 Å². The number of nitrogens with zero attached hydrogens (tertiary/aromatic N) is 1. The third-order valence-corrected chi connectivity index (χ3v) is 4.05. The molecule has 1 saturated heterocycles. The van der Waals surface area contributed by atoms with E-state index in [-0.39, 0.29) is 5.91 Å². The lowest BCUT2D eigenvalue weighted by atomic mass is 10.2. The molecule has 4 nitrogen and oxygen atoms in total. The van der Waals surface area contributed by atoms with Gasteiger partial charge in [-0.1, -0.05) is 23.2 Å². The largest absolute Gasteiger partial charge is 0.325 e. The highest BCUT2D eigenvalue weighted by atomic mass is 35.5. The number of likely N-dealkylation sites (N-methyl/N-ethyl adjacent to an activating group) is 1. The van der Waals surface area contributed by atoms with Gasteiger partial charge in [-0.15, -0.1) is 0 Å². The quantitative estimate of drug-likeness (QED) is 0.878. The van der Waals surface area contributed by atoms with Crippen LogP contribution in [0.25, 0.3) is 0 Å². The summed E-state index contributed by atoms with van der Waals surface area (Å²) in [6.07, 6.45) is 2.40. The van der Waals surface area contributed by atoms with E-state index in [0.717, 1.165) is 13.1 Å². The smallest absolute Gasteiger partial charge is 0.238 e. The zero-order chi connectivity index (χ0) is 14.5.